The number of likely N-dealkylation sites (tertiary alicyclic amines) is 1. The molecule has 2 heterocycles. The zero-order valence-electron chi connectivity index (χ0n) is 14.2. The normalized spacial score (nSPS) is 16.7. The Hall–Kier alpha value is -2.06. The number of piperidine rings is 1. The van der Waals surface area contributed by atoms with Crippen molar-refractivity contribution in [2.45, 2.75) is 36.1 Å². The van der Waals surface area contributed by atoms with E-state index in [1.807, 2.05) is 18.2 Å². The maximum atomic E-state index is 12.9. The molecule has 140 valence electrons. The number of nitrogens with zero attached hydrogens (tertiary/aromatic N) is 2. The van der Waals surface area contributed by atoms with Gasteiger partial charge in [-0.1, -0.05) is 18.2 Å². The fraction of sp³-hybridized carbons (Fsp3) is 0.389. The molecule has 1 N–H and O–H groups in total. The van der Waals surface area contributed by atoms with Crippen molar-refractivity contribution in [3.63, 3.8) is 0 Å². The Morgan fingerprint density at radius 1 is 1.12 bits per heavy atom. The van der Waals surface area contributed by atoms with Gasteiger partial charge >= 0.3 is 5.76 Å². The standard InChI is InChI=1S/C18H21F2N3O2S/c19-18(20)26(24,25)17-7-2-1-6-16(17)22-14-8-11-23(12-9-14)13-15-5-3-4-10-21-15/h1-7,10,14,18,22H,8-9,11-13H2. The van der Waals surface area contributed by atoms with Gasteiger partial charge in [-0.2, -0.15) is 8.78 Å². The number of sulfone groups is 1. The summed E-state index contributed by atoms with van der Waals surface area (Å²) in [7, 11) is -4.62. The van der Waals surface area contributed by atoms with Gasteiger partial charge in [0.15, 0.2) is 0 Å². The fourth-order valence-electron chi connectivity index (χ4n) is 3.11. The minimum atomic E-state index is -4.62. The third-order valence-electron chi connectivity index (χ3n) is 4.49. The van der Waals surface area contributed by atoms with Crippen molar-refractivity contribution < 1.29 is 17.2 Å². The Balaban J connectivity index is 1.62. The Labute approximate surface area is 152 Å². The van der Waals surface area contributed by atoms with Crippen LogP contribution in [0.1, 0.15) is 18.5 Å². The third-order valence-corrected chi connectivity index (χ3v) is 5.93. The maximum absolute atomic E-state index is 12.9. The second kappa shape index (κ2) is 8.09. The van der Waals surface area contributed by atoms with Crippen LogP contribution in [0, 0.1) is 0 Å². The Kier molecular flexibility index (Phi) is 5.83. The molecule has 1 aromatic heterocycles. The van der Waals surface area contributed by atoms with Crippen LogP contribution in [-0.2, 0) is 16.4 Å². The van der Waals surface area contributed by atoms with Crippen molar-refractivity contribution in [1.29, 1.82) is 0 Å². The van der Waals surface area contributed by atoms with Gasteiger partial charge in [-0.15, -0.1) is 0 Å². The first-order chi connectivity index (χ1) is 12.5. The Morgan fingerprint density at radius 2 is 1.81 bits per heavy atom. The highest BCUT2D eigenvalue weighted by Crippen LogP contribution is 2.28. The van der Waals surface area contributed by atoms with Crippen LogP contribution >= 0.6 is 0 Å². The number of halogens is 2. The molecule has 0 amide bonds. The second-order valence-corrected chi connectivity index (χ2v) is 8.20. The molecule has 0 unspecified atom stereocenters. The van der Waals surface area contributed by atoms with Crippen molar-refractivity contribution in [3.8, 4) is 0 Å². The summed E-state index contributed by atoms with van der Waals surface area (Å²) in [5.41, 5.74) is 1.25. The van der Waals surface area contributed by atoms with E-state index in [4.69, 9.17) is 0 Å². The molecule has 1 saturated heterocycles. The lowest BCUT2D eigenvalue weighted by molar-refractivity contribution is 0.209. The van der Waals surface area contributed by atoms with E-state index < -0.39 is 15.6 Å². The van der Waals surface area contributed by atoms with Crippen LogP contribution in [-0.4, -0.2) is 43.2 Å². The minimum Gasteiger partial charge on any atom is -0.381 e. The van der Waals surface area contributed by atoms with E-state index in [1.54, 1.807) is 12.3 Å². The number of pyridine rings is 1. The fourth-order valence-corrected chi connectivity index (χ4v) is 4.00. The number of hydrogen-bond acceptors (Lipinski definition) is 5. The van der Waals surface area contributed by atoms with E-state index in [1.165, 1.54) is 18.2 Å². The van der Waals surface area contributed by atoms with E-state index in [9.17, 15) is 17.2 Å². The van der Waals surface area contributed by atoms with Crippen LogP contribution < -0.4 is 5.32 Å². The number of alkyl halides is 2. The monoisotopic (exact) mass is 381 g/mol. The first kappa shape index (κ1) is 18.7. The van der Waals surface area contributed by atoms with Gasteiger partial charge in [-0.25, -0.2) is 8.42 Å². The smallest absolute Gasteiger partial charge is 0.341 e. The van der Waals surface area contributed by atoms with Gasteiger partial charge < -0.3 is 5.32 Å². The van der Waals surface area contributed by atoms with Crippen molar-refractivity contribution in [2.24, 2.45) is 0 Å². The zero-order valence-corrected chi connectivity index (χ0v) is 15.0. The van der Waals surface area contributed by atoms with Crippen LogP contribution in [0.3, 0.4) is 0 Å². The summed E-state index contributed by atoms with van der Waals surface area (Å²) in [5.74, 6) is -3.43. The minimum absolute atomic E-state index is 0.0454. The van der Waals surface area contributed by atoms with Crippen LogP contribution in [0.2, 0.25) is 0 Å². The highest BCUT2D eigenvalue weighted by molar-refractivity contribution is 7.91. The van der Waals surface area contributed by atoms with E-state index in [2.05, 4.69) is 15.2 Å². The summed E-state index contributed by atoms with van der Waals surface area (Å²) in [6, 6.07) is 11.7. The van der Waals surface area contributed by atoms with Gasteiger partial charge in [0, 0.05) is 31.9 Å². The molecule has 0 aliphatic carbocycles. The van der Waals surface area contributed by atoms with Gasteiger partial charge in [0.1, 0.15) is 0 Å². The molecule has 3 rings (SSSR count). The molecular weight excluding hydrogens is 360 g/mol. The first-order valence-corrected chi connectivity index (χ1v) is 10.0. The van der Waals surface area contributed by atoms with Gasteiger partial charge in [0.05, 0.1) is 16.3 Å². The van der Waals surface area contributed by atoms with E-state index in [0.717, 1.165) is 38.2 Å². The number of aromatic nitrogens is 1. The molecule has 1 aromatic carbocycles. The molecule has 0 spiro atoms. The van der Waals surface area contributed by atoms with E-state index in [0.29, 0.717) is 0 Å². The largest absolute Gasteiger partial charge is 0.381 e. The summed E-state index contributed by atoms with van der Waals surface area (Å²) in [5, 5.41) is 3.14. The molecule has 26 heavy (non-hydrogen) atoms. The lowest BCUT2D eigenvalue weighted by atomic mass is 10.0. The van der Waals surface area contributed by atoms with Crippen molar-refractivity contribution in [2.75, 3.05) is 18.4 Å². The van der Waals surface area contributed by atoms with Gasteiger partial charge in [-0.3, -0.25) is 9.88 Å². The summed E-state index contributed by atoms with van der Waals surface area (Å²) < 4.78 is 49.5. The molecule has 8 heteroatoms. The Bertz CT molecular complexity index is 823. The number of benzene rings is 1. The van der Waals surface area contributed by atoms with Crippen LogP contribution in [0.5, 0.6) is 0 Å². The predicted molar refractivity (Wildman–Crippen MR) is 95.8 cm³/mol. The number of para-hydroxylation sites is 1. The van der Waals surface area contributed by atoms with Crippen molar-refractivity contribution >= 4 is 15.5 Å². The van der Waals surface area contributed by atoms with Gasteiger partial charge in [0.25, 0.3) is 0 Å². The third kappa shape index (κ3) is 4.37. The average Bonchev–Trinajstić information content (AvgIpc) is 2.64. The summed E-state index contributed by atoms with van der Waals surface area (Å²) in [6.07, 6.45) is 3.37. The average molecular weight is 381 g/mol. The predicted octanol–water partition coefficient (Wildman–Crippen LogP) is 3.15. The molecule has 0 bridgehead atoms. The van der Waals surface area contributed by atoms with E-state index in [-0.39, 0.29) is 16.6 Å². The number of rotatable bonds is 6. The molecular formula is C18H21F2N3O2S. The highest BCUT2D eigenvalue weighted by atomic mass is 32.2. The molecule has 2 aromatic rings. The summed E-state index contributed by atoms with van der Waals surface area (Å²) in [4.78, 5) is 6.26. The zero-order chi connectivity index (χ0) is 18.6. The van der Waals surface area contributed by atoms with Crippen LogP contribution in [0.4, 0.5) is 14.5 Å². The quantitative estimate of drug-likeness (QED) is 0.833. The maximum Gasteiger partial charge on any atom is 0.341 e. The summed E-state index contributed by atoms with van der Waals surface area (Å²) >= 11 is 0. The molecule has 5 nitrogen and oxygen atoms in total. The molecule has 1 aliphatic rings. The number of nitrogens with one attached hydrogen (secondary N) is 1. The van der Waals surface area contributed by atoms with Crippen LogP contribution in [0.15, 0.2) is 53.6 Å². The topological polar surface area (TPSA) is 62.3 Å². The van der Waals surface area contributed by atoms with Crippen molar-refractivity contribution in [1.82, 2.24) is 9.88 Å². The van der Waals surface area contributed by atoms with E-state index >= 15 is 0 Å². The molecule has 0 saturated carbocycles. The lowest BCUT2D eigenvalue weighted by Crippen LogP contribution is -2.39. The van der Waals surface area contributed by atoms with Gasteiger partial charge in [-0.05, 0) is 37.1 Å². The van der Waals surface area contributed by atoms with Crippen LogP contribution in [0.25, 0.3) is 0 Å². The SMILES string of the molecule is O=S(=O)(c1ccccc1NC1CCN(Cc2ccccn2)CC1)C(F)F. The molecule has 1 aliphatic heterocycles. The lowest BCUT2D eigenvalue weighted by Gasteiger charge is -2.33. The Morgan fingerprint density at radius 3 is 2.46 bits per heavy atom. The second-order valence-electron chi connectivity index (χ2n) is 6.32. The highest BCUT2D eigenvalue weighted by Gasteiger charge is 2.30. The first-order valence-electron chi connectivity index (χ1n) is 8.46. The number of anilines is 1. The molecule has 0 atom stereocenters. The molecule has 1 fully saturated rings. The number of hydrogen-bond donors (Lipinski definition) is 1. The van der Waals surface area contributed by atoms with Crippen molar-refractivity contribution in [3.05, 3.63) is 54.4 Å². The molecule has 0 radical (unpaired) electrons. The van der Waals surface area contributed by atoms with Gasteiger partial charge in [0.2, 0.25) is 9.84 Å². The summed E-state index contributed by atoms with van der Waals surface area (Å²) in [6.45, 7) is 2.43.